The Morgan fingerprint density at radius 2 is 2.20 bits per heavy atom. The van der Waals surface area contributed by atoms with Gasteiger partial charge in [0, 0.05) is 19.4 Å². The largest absolute Gasteiger partial charge is 0.378 e. The quantitative estimate of drug-likeness (QED) is 0.675. The first kappa shape index (κ1) is 12.6. The third-order valence-electron chi connectivity index (χ3n) is 3.28. The van der Waals surface area contributed by atoms with E-state index in [4.69, 9.17) is 4.74 Å². The van der Waals surface area contributed by atoms with Crippen molar-refractivity contribution < 1.29 is 17.9 Å². The predicted molar refractivity (Wildman–Crippen MR) is 57.5 cm³/mol. The molecule has 0 radical (unpaired) electrons. The Balaban J connectivity index is 2.80. The van der Waals surface area contributed by atoms with E-state index in [9.17, 15) is 13.2 Å². The second-order valence-electron chi connectivity index (χ2n) is 4.34. The number of carbonyl (C=O) groups is 1. The lowest BCUT2D eigenvalue weighted by molar-refractivity contribution is -0.116. The van der Waals surface area contributed by atoms with Crippen LogP contribution in [0.2, 0.25) is 0 Å². The maximum atomic E-state index is 11.5. The summed E-state index contributed by atoms with van der Waals surface area (Å²) in [5.41, 5.74) is -0.630. The topological polar surface area (TPSA) is 60.4 Å². The van der Waals surface area contributed by atoms with Crippen molar-refractivity contribution >= 4 is 16.1 Å². The molecule has 1 aliphatic rings. The minimum atomic E-state index is -2.94. The van der Waals surface area contributed by atoms with Crippen molar-refractivity contribution in [3.05, 3.63) is 0 Å². The number of hydrogen-bond acceptors (Lipinski definition) is 4. The highest BCUT2D eigenvalue weighted by atomic mass is 32.2. The molecule has 1 heterocycles. The third-order valence-corrected chi connectivity index (χ3v) is 5.10. The molecule has 0 aromatic rings. The minimum absolute atomic E-state index is 0.0635. The van der Waals surface area contributed by atoms with Crippen LogP contribution in [-0.2, 0) is 19.4 Å². The molecule has 2 atom stereocenters. The van der Waals surface area contributed by atoms with E-state index in [1.54, 1.807) is 0 Å². The van der Waals surface area contributed by atoms with Crippen LogP contribution in [0, 0.1) is 5.92 Å². The Hall–Kier alpha value is -0.420. The standard InChI is InChI=1S/C10H18O4S/c1-10(14-2,5-6-11)9-4-3-7-15(12,13)8-9/h6,9H,3-5,7-8H2,1-2H3. The fraction of sp³-hybridized carbons (Fsp3) is 0.900. The second kappa shape index (κ2) is 4.61. The zero-order chi connectivity index (χ0) is 11.5. The van der Waals surface area contributed by atoms with Gasteiger partial charge in [-0.2, -0.15) is 0 Å². The number of carbonyl (C=O) groups excluding carboxylic acids is 1. The van der Waals surface area contributed by atoms with Crippen LogP contribution in [0.15, 0.2) is 0 Å². The first-order valence-electron chi connectivity index (χ1n) is 5.13. The number of ether oxygens (including phenoxy) is 1. The zero-order valence-electron chi connectivity index (χ0n) is 9.23. The maximum Gasteiger partial charge on any atom is 0.150 e. The van der Waals surface area contributed by atoms with E-state index in [2.05, 4.69) is 0 Å². The van der Waals surface area contributed by atoms with Crippen LogP contribution in [0.5, 0.6) is 0 Å². The average molecular weight is 234 g/mol. The first-order valence-corrected chi connectivity index (χ1v) is 6.95. The lowest BCUT2D eigenvalue weighted by atomic mass is 9.84. The molecule has 0 saturated carbocycles. The van der Waals surface area contributed by atoms with Crippen molar-refractivity contribution in [3.8, 4) is 0 Å². The van der Waals surface area contributed by atoms with Gasteiger partial charge in [0.25, 0.3) is 0 Å². The van der Waals surface area contributed by atoms with E-state index in [0.29, 0.717) is 6.42 Å². The van der Waals surface area contributed by atoms with Gasteiger partial charge in [-0.3, -0.25) is 0 Å². The monoisotopic (exact) mass is 234 g/mol. The van der Waals surface area contributed by atoms with Crippen molar-refractivity contribution in [3.63, 3.8) is 0 Å². The maximum absolute atomic E-state index is 11.5. The van der Waals surface area contributed by atoms with Gasteiger partial charge in [0.2, 0.25) is 0 Å². The number of methoxy groups -OCH3 is 1. The Bertz CT molecular complexity index is 322. The molecule has 0 aromatic heterocycles. The summed E-state index contributed by atoms with van der Waals surface area (Å²) in [5.74, 6) is 0.349. The molecule has 1 fully saturated rings. The average Bonchev–Trinajstić information content (AvgIpc) is 2.16. The summed E-state index contributed by atoms with van der Waals surface area (Å²) in [6.07, 6.45) is 2.54. The summed E-state index contributed by atoms with van der Waals surface area (Å²) in [7, 11) is -1.41. The Morgan fingerprint density at radius 1 is 1.53 bits per heavy atom. The molecule has 0 aromatic carbocycles. The molecule has 1 aliphatic heterocycles. The molecule has 4 nitrogen and oxygen atoms in total. The van der Waals surface area contributed by atoms with Crippen molar-refractivity contribution in [2.45, 2.75) is 31.8 Å². The summed E-state index contributed by atoms with van der Waals surface area (Å²) in [6, 6.07) is 0. The zero-order valence-corrected chi connectivity index (χ0v) is 10.0. The molecule has 0 N–H and O–H groups in total. The minimum Gasteiger partial charge on any atom is -0.378 e. The van der Waals surface area contributed by atoms with Gasteiger partial charge in [-0.15, -0.1) is 0 Å². The fourth-order valence-corrected chi connectivity index (χ4v) is 3.99. The van der Waals surface area contributed by atoms with Crippen molar-refractivity contribution in [1.82, 2.24) is 0 Å². The van der Waals surface area contributed by atoms with E-state index in [1.807, 2.05) is 6.92 Å². The Labute approximate surface area is 90.9 Å². The Kier molecular flexibility index (Phi) is 3.89. The molecule has 0 spiro atoms. The van der Waals surface area contributed by atoms with Gasteiger partial charge < -0.3 is 9.53 Å². The third kappa shape index (κ3) is 3.01. The summed E-state index contributed by atoms with van der Waals surface area (Å²) in [5, 5.41) is 0. The molecule has 5 heteroatoms. The molecule has 0 amide bonds. The van der Waals surface area contributed by atoms with Crippen LogP contribution in [0.3, 0.4) is 0 Å². The smallest absolute Gasteiger partial charge is 0.150 e. The van der Waals surface area contributed by atoms with Gasteiger partial charge in [-0.25, -0.2) is 8.42 Å². The molecule has 1 rings (SSSR count). The molecule has 2 unspecified atom stereocenters. The number of rotatable bonds is 4. The molecule has 1 saturated heterocycles. The molecule has 0 aliphatic carbocycles. The highest BCUT2D eigenvalue weighted by Crippen LogP contribution is 2.32. The Morgan fingerprint density at radius 3 is 2.67 bits per heavy atom. The highest BCUT2D eigenvalue weighted by molar-refractivity contribution is 7.91. The van der Waals surface area contributed by atoms with E-state index >= 15 is 0 Å². The first-order chi connectivity index (χ1) is 6.93. The van der Waals surface area contributed by atoms with Crippen LogP contribution in [-0.4, -0.2) is 38.9 Å². The summed E-state index contributed by atoms with van der Waals surface area (Å²) >= 11 is 0. The fourth-order valence-electron chi connectivity index (χ4n) is 2.09. The van der Waals surface area contributed by atoms with Gasteiger partial charge in [0.1, 0.15) is 6.29 Å². The number of aldehydes is 1. The van der Waals surface area contributed by atoms with Crippen LogP contribution in [0.4, 0.5) is 0 Å². The molecule has 15 heavy (non-hydrogen) atoms. The van der Waals surface area contributed by atoms with Gasteiger partial charge in [0.05, 0.1) is 17.1 Å². The summed E-state index contributed by atoms with van der Waals surface area (Å²) < 4.78 is 28.3. The van der Waals surface area contributed by atoms with E-state index in [-0.39, 0.29) is 23.8 Å². The normalized spacial score (nSPS) is 29.3. The van der Waals surface area contributed by atoms with Gasteiger partial charge in [0.15, 0.2) is 9.84 Å². The highest BCUT2D eigenvalue weighted by Gasteiger charge is 2.39. The van der Waals surface area contributed by atoms with Crippen LogP contribution >= 0.6 is 0 Å². The second-order valence-corrected chi connectivity index (χ2v) is 6.57. The van der Waals surface area contributed by atoms with Crippen molar-refractivity contribution in [1.29, 1.82) is 0 Å². The molecular formula is C10H18O4S. The van der Waals surface area contributed by atoms with Gasteiger partial charge in [-0.1, -0.05) is 0 Å². The van der Waals surface area contributed by atoms with E-state index in [1.165, 1.54) is 7.11 Å². The van der Waals surface area contributed by atoms with E-state index in [0.717, 1.165) is 12.7 Å². The van der Waals surface area contributed by atoms with Crippen LogP contribution < -0.4 is 0 Å². The lowest BCUT2D eigenvalue weighted by Crippen LogP contribution is -2.43. The lowest BCUT2D eigenvalue weighted by Gasteiger charge is -2.37. The summed E-state index contributed by atoms with van der Waals surface area (Å²) in [4.78, 5) is 10.6. The van der Waals surface area contributed by atoms with Gasteiger partial charge in [-0.05, 0) is 19.8 Å². The molecule has 0 bridgehead atoms. The summed E-state index contributed by atoms with van der Waals surface area (Å²) in [6.45, 7) is 1.81. The van der Waals surface area contributed by atoms with E-state index < -0.39 is 15.4 Å². The number of hydrogen-bond donors (Lipinski definition) is 0. The number of sulfone groups is 1. The van der Waals surface area contributed by atoms with Gasteiger partial charge >= 0.3 is 0 Å². The van der Waals surface area contributed by atoms with Crippen molar-refractivity contribution in [2.75, 3.05) is 18.6 Å². The predicted octanol–water partition coefficient (Wildman–Crippen LogP) is 0.805. The SMILES string of the molecule is COC(C)(CC=O)C1CCCS(=O)(=O)C1. The molecular weight excluding hydrogens is 216 g/mol. The van der Waals surface area contributed by atoms with Crippen LogP contribution in [0.25, 0.3) is 0 Å². The van der Waals surface area contributed by atoms with Crippen molar-refractivity contribution in [2.24, 2.45) is 5.92 Å². The molecule has 88 valence electrons. The van der Waals surface area contributed by atoms with Crippen LogP contribution in [0.1, 0.15) is 26.2 Å².